The number of amides is 2. The van der Waals surface area contributed by atoms with E-state index in [1.54, 1.807) is 4.90 Å². The minimum absolute atomic E-state index is 0.0352. The van der Waals surface area contributed by atoms with Crippen LogP contribution in [-0.4, -0.2) is 46.5 Å². The molecule has 5 rings (SSSR count). The number of hydrogen-bond donors (Lipinski definition) is 1. The number of H-pyrrole nitrogens is 1. The summed E-state index contributed by atoms with van der Waals surface area (Å²) in [5.41, 5.74) is 2.12. The Labute approximate surface area is 169 Å². The van der Waals surface area contributed by atoms with Crippen molar-refractivity contribution in [3.63, 3.8) is 0 Å². The fourth-order valence-corrected chi connectivity index (χ4v) is 4.73. The number of aromatic amines is 1. The van der Waals surface area contributed by atoms with Crippen molar-refractivity contribution in [2.45, 2.75) is 25.2 Å². The highest BCUT2D eigenvalue weighted by Crippen LogP contribution is 2.33. The monoisotopic (exact) mass is 388 g/mol. The highest BCUT2D eigenvalue weighted by atomic mass is 16.2. The third-order valence-corrected chi connectivity index (χ3v) is 6.33. The number of nitrogens with zero attached hydrogens (tertiary/aromatic N) is 3. The van der Waals surface area contributed by atoms with Crippen LogP contribution >= 0.6 is 0 Å². The molecule has 6 nitrogen and oxygen atoms in total. The molecule has 2 saturated heterocycles. The standard InChI is InChI=1S/C23H24N4O2/c28-22-12-18(15-27(22)21-7-3-5-17-4-1-2-6-20(17)21)23(29)26-10-8-16(9-11-26)19-13-24-25-14-19/h1-7,13-14,16,18H,8-12,15H2,(H,24,25). The first-order valence-corrected chi connectivity index (χ1v) is 10.3. The van der Waals surface area contributed by atoms with Crippen LogP contribution in [0.15, 0.2) is 54.9 Å². The van der Waals surface area contributed by atoms with Crippen LogP contribution in [0.2, 0.25) is 0 Å². The zero-order chi connectivity index (χ0) is 19.8. The smallest absolute Gasteiger partial charge is 0.228 e. The summed E-state index contributed by atoms with van der Waals surface area (Å²) in [4.78, 5) is 29.6. The number of piperidine rings is 1. The predicted octanol–water partition coefficient (Wildman–Crippen LogP) is 3.32. The Bertz CT molecular complexity index is 1030. The van der Waals surface area contributed by atoms with E-state index in [0.717, 1.165) is 42.4 Å². The lowest BCUT2D eigenvalue weighted by Crippen LogP contribution is -2.42. The first-order chi connectivity index (χ1) is 14.2. The molecule has 0 aliphatic carbocycles. The minimum Gasteiger partial charge on any atom is -0.342 e. The Balaban J connectivity index is 1.28. The van der Waals surface area contributed by atoms with Crippen LogP contribution in [0, 0.1) is 5.92 Å². The average molecular weight is 388 g/mol. The van der Waals surface area contributed by atoms with Crippen LogP contribution in [0.25, 0.3) is 10.8 Å². The Morgan fingerprint density at radius 3 is 2.66 bits per heavy atom. The Hall–Kier alpha value is -3.15. The van der Waals surface area contributed by atoms with Crippen molar-refractivity contribution >= 4 is 28.3 Å². The summed E-state index contributed by atoms with van der Waals surface area (Å²) < 4.78 is 0. The first kappa shape index (κ1) is 17.9. The van der Waals surface area contributed by atoms with Gasteiger partial charge in [-0.2, -0.15) is 5.10 Å². The van der Waals surface area contributed by atoms with Crippen molar-refractivity contribution in [3.8, 4) is 0 Å². The molecular formula is C23H24N4O2. The van der Waals surface area contributed by atoms with E-state index in [4.69, 9.17) is 0 Å². The van der Waals surface area contributed by atoms with Crippen LogP contribution in [0.5, 0.6) is 0 Å². The van der Waals surface area contributed by atoms with Gasteiger partial charge in [-0.3, -0.25) is 14.7 Å². The quantitative estimate of drug-likeness (QED) is 0.748. The van der Waals surface area contributed by atoms with Gasteiger partial charge in [-0.25, -0.2) is 0 Å². The van der Waals surface area contributed by atoms with E-state index >= 15 is 0 Å². The number of carbonyl (C=O) groups excluding carboxylic acids is 2. The van der Waals surface area contributed by atoms with Gasteiger partial charge in [0.05, 0.1) is 17.8 Å². The molecule has 2 aromatic carbocycles. The molecule has 1 unspecified atom stereocenters. The molecule has 2 amide bonds. The second kappa shape index (κ2) is 7.35. The van der Waals surface area contributed by atoms with Gasteiger partial charge >= 0.3 is 0 Å². The predicted molar refractivity (Wildman–Crippen MR) is 112 cm³/mol. The number of hydrogen-bond acceptors (Lipinski definition) is 3. The van der Waals surface area contributed by atoms with Gasteiger partial charge in [-0.1, -0.05) is 36.4 Å². The highest BCUT2D eigenvalue weighted by Gasteiger charge is 2.38. The van der Waals surface area contributed by atoms with Crippen molar-refractivity contribution in [1.82, 2.24) is 15.1 Å². The molecule has 148 valence electrons. The summed E-state index contributed by atoms with van der Waals surface area (Å²) in [6.45, 7) is 1.95. The van der Waals surface area contributed by atoms with Crippen LogP contribution in [0.1, 0.15) is 30.7 Å². The number of fused-ring (bicyclic) bond motifs is 1. The van der Waals surface area contributed by atoms with Crippen LogP contribution in [-0.2, 0) is 9.59 Å². The molecule has 2 aliphatic rings. The fourth-order valence-electron chi connectivity index (χ4n) is 4.73. The van der Waals surface area contributed by atoms with Crippen LogP contribution < -0.4 is 4.90 Å². The van der Waals surface area contributed by atoms with Gasteiger partial charge in [-0.15, -0.1) is 0 Å². The summed E-state index contributed by atoms with van der Waals surface area (Å²) in [6, 6.07) is 14.1. The molecular weight excluding hydrogens is 364 g/mol. The number of likely N-dealkylation sites (tertiary alicyclic amines) is 1. The lowest BCUT2D eigenvalue weighted by atomic mass is 9.91. The number of carbonyl (C=O) groups is 2. The van der Waals surface area contributed by atoms with Gasteiger partial charge in [0.2, 0.25) is 11.8 Å². The zero-order valence-corrected chi connectivity index (χ0v) is 16.3. The van der Waals surface area contributed by atoms with Gasteiger partial charge in [0, 0.05) is 37.6 Å². The summed E-state index contributed by atoms with van der Waals surface area (Å²) in [7, 11) is 0. The summed E-state index contributed by atoms with van der Waals surface area (Å²) >= 11 is 0. The number of aromatic nitrogens is 2. The van der Waals surface area contributed by atoms with E-state index in [-0.39, 0.29) is 17.7 Å². The molecule has 3 aromatic rings. The molecule has 2 fully saturated rings. The highest BCUT2D eigenvalue weighted by molar-refractivity contribution is 6.07. The lowest BCUT2D eigenvalue weighted by molar-refractivity contribution is -0.136. The first-order valence-electron chi connectivity index (χ1n) is 10.3. The Kier molecular flexibility index (Phi) is 4.54. The second-order valence-corrected chi connectivity index (χ2v) is 8.03. The van der Waals surface area contributed by atoms with Gasteiger partial charge in [0.25, 0.3) is 0 Å². The maximum absolute atomic E-state index is 13.1. The lowest BCUT2D eigenvalue weighted by Gasteiger charge is -2.33. The average Bonchev–Trinajstić information content (AvgIpc) is 3.43. The summed E-state index contributed by atoms with van der Waals surface area (Å²) in [5.74, 6) is 0.349. The van der Waals surface area contributed by atoms with Crippen molar-refractivity contribution in [1.29, 1.82) is 0 Å². The topological polar surface area (TPSA) is 69.3 Å². The Morgan fingerprint density at radius 1 is 1.07 bits per heavy atom. The molecule has 1 N–H and O–H groups in total. The van der Waals surface area contributed by atoms with Crippen molar-refractivity contribution < 1.29 is 9.59 Å². The number of benzene rings is 2. The van der Waals surface area contributed by atoms with E-state index in [9.17, 15) is 9.59 Å². The van der Waals surface area contributed by atoms with E-state index in [1.807, 2.05) is 59.8 Å². The van der Waals surface area contributed by atoms with Gasteiger partial charge in [0.1, 0.15) is 0 Å². The molecule has 3 heterocycles. The number of nitrogens with one attached hydrogen (secondary N) is 1. The largest absolute Gasteiger partial charge is 0.342 e. The summed E-state index contributed by atoms with van der Waals surface area (Å²) in [5, 5.41) is 9.06. The molecule has 0 bridgehead atoms. The minimum atomic E-state index is -0.257. The maximum atomic E-state index is 13.1. The molecule has 0 spiro atoms. The SMILES string of the molecule is O=C(C1CC(=O)N(c2cccc3ccccc23)C1)N1CCC(c2cn[nH]c2)CC1. The van der Waals surface area contributed by atoms with E-state index in [0.29, 0.717) is 18.9 Å². The maximum Gasteiger partial charge on any atom is 0.228 e. The molecule has 1 aromatic heterocycles. The summed E-state index contributed by atoms with van der Waals surface area (Å²) in [6.07, 6.45) is 6.00. The molecule has 1 atom stereocenters. The zero-order valence-electron chi connectivity index (χ0n) is 16.3. The van der Waals surface area contributed by atoms with Gasteiger partial charge in [0.15, 0.2) is 0 Å². The third kappa shape index (κ3) is 3.28. The van der Waals surface area contributed by atoms with Crippen LogP contribution in [0.4, 0.5) is 5.69 Å². The molecule has 2 aliphatic heterocycles. The van der Waals surface area contributed by atoms with E-state index in [2.05, 4.69) is 10.2 Å². The van der Waals surface area contributed by atoms with Crippen LogP contribution in [0.3, 0.4) is 0 Å². The normalized spacial score (nSPS) is 20.6. The van der Waals surface area contributed by atoms with Crippen molar-refractivity contribution in [2.75, 3.05) is 24.5 Å². The molecule has 29 heavy (non-hydrogen) atoms. The molecule has 0 saturated carbocycles. The second-order valence-electron chi connectivity index (χ2n) is 8.03. The van der Waals surface area contributed by atoms with E-state index < -0.39 is 0 Å². The van der Waals surface area contributed by atoms with Gasteiger partial charge < -0.3 is 9.80 Å². The van der Waals surface area contributed by atoms with Crippen molar-refractivity contribution in [3.05, 3.63) is 60.4 Å². The van der Waals surface area contributed by atoms with Gasteiger partial charge in [-0.05, 0) is 35.8 Å². The number of anilines is 1. The van der Waals surface area contributed by atoms with E-state index in [1.165, 1.54) is 5.56 Å². The third-order valence-electron chi connectivity index (χ3n) is 6.33. The molecule has 0 radical (unpaired) electrons. The number of rotatable bonds is 3. The van der Waals surface area contributed by atoms with Crippen molar-refractivity contribution in [2.24, 2.45) is 5.92 Å². The molecule has 6 heteroatoms. The Morgan fingerprint density at radius 2 is 1.86 bits per heavy atom. The fraction of sp³-hybridized carbons (Fsp3) is 0.348.